The lowest BCUT2D eigenvalue weighted by Gasteiger charge is -2.30. The number of likely N-dealkylation sites (tertiary alicyclic amines) is 1. The molecule has 0 radical (unpaired) electrons. The zero-order chi connectivity index (χ0) is 13.3. The van der Waals surface area contributed by atoms with Crippen molar-refractivity contribution in [2.75, 3.05) is 20.1 Å². The third kappa shape index (κ3) is 3.16. The molecule has 18 heavy (non-hydrogen) atoms. The molecule has 2 fully saturated rings. The minimum atomic E-state index is -0.391. The summed E-state index contributed by atoms with van der Waals surface area (Å²) in [4.78, 5) is 13.9. The maximum absolute atomic E-state index is 12.0. The Bertz CT molecular complexity index is 311. The van der Waals surface area contributed by atoms with Crippen LogP contribution in [0.15, 0.2) is 0 Å². The monoisotopic (exact) mass is 254 g/mol. The fourth-order valence-corrected chi connectivity index (χ4v) is 3.17. The van der Waals surface area contributed by atoms with E-state index in [-0.39, 0.29) is 6.09 Å². The molecule has 1 aliphatic carbocycles. The molecule has 1 saturated heterocycles. The maximum Gasteiger partial charge on any atom is 0.410 e. The van der Waals surface area contributed by atoms with Crippen LogP contribution in [-0.4, -0.2) is 42.8 Å². The second-order valence-electron chi connectivity index (χ2n) is 6.70. The van der Waals surface area contributed by atoms with Crippen molar-refractivity contribution >= 4 is 6.09 Å². The van der Waals surface area contributed by atoms with E-state index in [4.69, 9.17) is 4.74 Å². The number of fused-ring (bicyclic) bond motifs is 1. The molecule has 104 valence electrons. The van der Waals surface area contributed by atoms with E-state index in [1.54, 1.807) is 0 Å². The van der Waals surface area contributed by atoms with E-state index in [2.05, 4.69) is 5.32 Å². The zero-order valence-corrected chi connectivity index (χ0v) is 12.0. The standard InChI is InChI=1S/C14H26N2O2/c1-14(2,3)18-13(17)16-8-10-5-6-12(15-4)7-11(10)9-16/h10-12,15H,5-9H2,1-4H3/t10-,11+,12?/m1/s1. The van der Waals surface area contributed by atoms with Gasteiger partial charge in [0.2, 0.25) is 0 Å². The predicted molar refractivity (Wildman–Crippen MR) is 71.5 cm³/mol. The average Bonchev–Trinajstić information content (AvgIpc) is 2.69. The molecule has 2 rings (SSSR count). The lowest BCUT2D eigenvalue weighted by Crippen LogP contribution is -2.36. The predicted octanol–water partition coefficient (Wildman–Crippen LogP) is 2.24. The lowest BCUT2D eigenvalue weighted by molar-refractivity contribution is 0.0284. The molecule has 0 spiro atoms. The molecule has 1 heterocycles. The first kappa shape index (κ1) is 13.7. The Balaban J connectivity index is 1.90. The number of hydrogen-bond acceptors (Lipinski definition) is 3. The molecule has 0 bridgehead atoms. The van der Waals surface area contributed by atoms with E-state index >= 15 is 0 Å². The van der Waals surface area contributed by atoms with Crippen molar-refractivity contribution in [3.05, 3.63) is 0 Å². The largest absolute Gasteiger partial charge is 0.444 e. The zero-order valence-electron chi connectivity index (χ0n) is 12.0. The van der Waals surface area contributed by atoms with Crippen molar-refractivity contribution in [2.45, 2.75) is 51.7 Å². The molecular weight excluding hydrogens is 228 g/mol. The molecule has 1 amide bonds. The van der Waals surface area contributed by atoms with Crippen LogP contribution in [0.25, 0.3) is 0 Å². The lowest BCUT2D eigenvalue weighted by atomic mass is 9.79. The van der Waals surface area contributed by atoms with Crippen LogP contribution >= 0.6 is 0 Å². The van der Waals surface area contributed by atoms with Gasteiger partial charge in [-0.05, 0) is 58.9 Å². The van der Waals surface area contributed by atoms with E-state index in [1.165, 1.54) is 19.3 Å². The minimum absolute atomic E-state index is 0.141. The second-order valence-corrected chi connectivity index (χ2v) is 6.70. The van der Waals surface area contributed by atoms with E-state index in [1.807, 2.05) is 32.7 Å². The Morgan fingerprint density at radius 2 is 1.89 bits per heavy atom. The van der Waals surface area contributed by atoms with Crippen LogP contribution in [0, 0.1) is 11.8 Å². The summed E-state index contributed by atoms with van der Waals surface area (Å²) in [6.07, 6.45) is 3.52. The van der Waals surface area contributed by atoms with E-state index in [0.717, 1.165) is 13.1 Å². The van der Waals surface area contributed by atoms with Gasteiger partial charge in [-0.2, -0.15) is 0 Å². The third-order valence-electron chi connectivity index (χ3n) is 4.11. The molecular formula is C14H26N2O2. The van der Waals surface area contributed by atoms with Crippen LogP contribution in [0.3, 0.4) is 0 Å². The highest BCUT2D eigenvalue weighted by Gasteiger charge is 2.40. The number of nitrogens with zero attached hydrogens (tertiary/aromatic N) is 1. The number of carbonyl (C=O) groups excluding carboxylic acids is 1. The Kier molecular flexibility index (Phi) is 3.85. The highest BCUT2D eigenvalue weighted by Crippen LogP contribution is 2.36. The molecule has 1 N–H and O–H groups in total. The van der Waals surface area contributed by atoms with Crippen LogP contribution in [0.5, 0.6) is 0 Å². The normalized spacial score (nSPS) is 32.2. The fraction of sp³-hybridized carbons (Fsp3) is 0.929. The minimum Gasteiger partial charge on any atom is -0.444 e. The van der Waals surface area contributed by atoms with Crippen molar-refractivity contribution in [1.29, 1.82) is 0 Å². The summed E-state index contributed by atoms with van der Waals surface area (Å²) >= 11 is 0. The Hall–Kier alpha value is -0.770. The fourth-order valence-electron chi connectivity index (χ4n) is 3.17. The van der Waals surface area contributed by atoms with Crippen molar-refractivity contribution in [2.24, 2.45) is 11.8 Å². The van der Waals surface area contributed by atoms with Gasteiger partial charge >= 0.3 is 6.09 Å². The summed E-state index contributed by atoms with van der Waals surface area (Å²) in [5.41, 5.74) is -0.391. The first-order valence-electron chi connectivity index (χ1n) is 7.04. The summed E-state index contributed by atoms with van der Waals surface area (Å²) in [6.45, 7) is 7.52. The van der Waals surface area contributed by atoms with Gasteiger partial charge in [-0.3, -0.25) is 0 Å². The van der Waals surface area contributed by atoms with Gasteiger partial charge in [0.05, 0.1) is 0 Å². The molecule has 0 aromatic carbocycles. The van der Waals surface area contributed by atoms with Crippen LogP contribution in [0.2, 0.25) is 0 Å². The molecule has 1 unspecified atom stereocenters. The quantitative estimate of drug-likeness (QED) is 0.780. The van der Waals surface area contributed by atoms with E-state index < -0.39 is 5.60 Å². The molecule has 0 aromatic rings. The van der Waals surface area contributed by atoms with Gasteiger partial charge in [0.1, 0.15) is 5.60 Å². The summed E-state index contributed by atoms with van der Waals surface area (Å²) in [5, 5.41) is 3.36. The molecule has 2 aliphatic rings. The topological polar surface area (TPSA) is 41.6 Å². The van der Waals surface area contributed by atoms with E-state index in [9.17, 15) is 4.79 Å². The van der Waals surface area contributed by atoms with Gasteiger partial charge in [-0.15, -0.1) is 0 Å². The van der Waals surface area contributed by atoms with Crippen LogP contribution in [0.1, 0.15) is 40.0 Å². The summed E-state index contributed by atoms with van der Waals surface area (Å²) in [6, 6.07) is 0.629. The first-order valence-corrected chi connectivity index (χ1v) is 7.04. The van der Waals surface area contributed by atoms with Crippen molar-refractivity contribution in [3.8, 4) is 0 Å². The Labute approximate surface area is 110 Å². The molecule has 0 aromatic heterocycles. The van der Waals surface area contributed by atoms with Gasteiger partial charge < -0.3 is 15.0 Å². The SMILES string of the molecule is CNC1CC[C@@H]2CN(C(=O)OC(C)(C)C)C[C@@H]2C1. The number of ether oxygens (including phenoxy) is 1. The van der Waals surface area contributed by atoms with Gasteiger partial charge in [0.25, 0.3) is 0 Å². The molecule has 1 saturated carbocycles. The smallest absolute Gasteiger partial charge is 0.410 e. The van der Waals surface area contributed by atoms with Crippen molar-refractivity contribution in [1.82, 2.24) is 10.2 Å². The average molecular weight is 254 g/mol. The van der Waals surface area contributed by atoms with E-state index in [0.29, 0.717) is 17.9 Å². The number of nitrogens with one attached hydrogen (secondary N) is 1. The highest BCUT2D eigenvalue weighted by atomic mass is 16.6. The van der Waals surface area contributed by atoms with Gasteiger partial charge in [0, 0.05) is 19.1 Å². The van der Waals surface area contributed by atoms with Crippen molar-refractivity contribution < 1.29 is 9.53 Å². The second kappa shape index (κ2) is 5.08. The van der Waals surface area contributed by atoms with Gasteiger partial charge in [0.15, 0.2) is 0 Å². The summed E-state index contributed by atoms with van der Waals surface area (Å²) in [7, 11) is 2.03. The molecule has 3 atom stereocenters. The van der Waals surface area contributed by atoms with Crippen LogP contribution < -0.4 is 5.32 Å². The third-order valence-corrected chi connectivity index (χ3v) is 4.11. The number of hydrogen-bond donors (Lipinski definition) is 1. The van der Waals surface area contributed by atoms with Crippen LogP contribution in [-0.2, 0) is 4.74 Å². The van der Waals surface area contributed by atoms with Gasteiger partial charge in [-0.25, -0.2) is 4.79 Å². The number of carbonyl (C=O) groups is 1. The number of amides is 1. The molecule has 4 nitrogen and oxygen atoms in total. The Morgan fingerprint density at radius 1 is 1.22 bits per heavy atom. The summed E-state index contributed by atoms with van der Waals surface area (Å²) < 4.78 is 5.45. The first-order chi connectivity index (χ1) is 8.39. The number of rotatable bonds is 1. The highest BCUT2D eigenvalue weighted by molar-refractivity contribution is 5.68. The van der Waals surface area contributed by atoms with Crippen LogP contribution in [0.4, 0.5) is 4.79 Å². The van der Waals surface area contributed by atoms with Crippen molar-refractivity contribution in [3.63, 3.8) is 0 Å². The molecule has 1 aliphatic heterocycles. The maximum atomic E-state index is 12.0. The Morgan fingerprint density at radius 3 is 2.50 bits per heavy atom. The summed E-state index contributed by atoms with van der Waals surface area (Å²) in [5.74, 6) is 1.34. The molecule has 4 heteroatoms. The van der Waals surface area contributed by atoms with Gasteiger partial charge in [-0.1, -0.05) is 0 Å².